The lowest BCUT2D eigenvalue weighted by atomic mass is 10.0. The summed E-state index contributed by atoms with van der Waals surface area (Å²) in [6, 6.07) is 17.0. The second-order valence-electron chi connectivity index (χ2n) is 5.90. The van der Waals surface area contributed by atoms with Crippen LogP contribution in [0.5, 0.6) is 11.5 Å². The summed E-state index contributed by atoms with van der Waals surface area (Å²) in [5.41, 5.74) is 1.59. The smallest absolute Gasteiger partial charge is 0.317 e. The van der Waals surface area contributed by atoms with Gasteiger partial charge in [-0.1, -0.05) is 37.3 Å². The maximum atomic E-state index is 11.5. The predicted molar refractivity (Wildman–Crippen MR) is 91.7 cm³/mol. The molecular formula is C20H20O5. The molecule has 5 heteroatoms. The number of benzene rings is 2. The lowest BCUT2D eigenvalue weighted by Gasteiger charge is -2.12. The predicted octanol–water partition coefficient (Wildman–Crippen LogP) is 3.78. The normalized spacial score (nSPS) is 15.0. The topological polar surface area (TPSA) is 65.0 Å². The van der Waals surface area contributed by atoms with E-state index in [9.17, 15) is 9.90 Å². The molecule has 1 aliphatic rings. The first-order valence-electron chi connectivity index (χ1n) is 8.15. The summed E-state index contributed by atoms with van der Waals surface area (Å²) in [7, 11) is 0. The first-order valence-corrected chi connectivity index (χ1v) is 8.15. The van der Waals surface area contributed by atoms with Crippen molar-refractivity contribution < 1.29 is 24.1 Å². The van der Waals surface area contributed by atoms with Crippen LogP contribution in [0.1, 0.15) is 18.9 Å². The van der Waals surface area contributed by atoms with Gasteiger partial charge in [0.1, 0.15) is 18.1 Å². The van der Waals surface area contributed by atoms with E-state index in [2.05, 4.69) is 0 Å². The first-order chi connectivity index (χ1) is 12.2. The maximum Gasteiger partial charge on any atom is 0.317 e. The van der Waals surface area contributed by atoms with Gasteiger partial charge < -0.3 is 19.3 Å². The highest BCUT2D eigenvalue weighted by atomic mass is 16.7. The molecular weight excluding hydrogens is 320 g/mol. The van der Waals surface area contributed by atoms with Gasteiger partial charge in [-0.25, -0.2) is 0 Å². The number of hydrogen-bond donors (Lipinski definition) is 1. The van der Waals surface area contributed by atoms with E-state index in [1.54, 1.807) is 0 Å². The summed E-state index contributed by atoms with van der Waals surface area (Å²) in [6.07, 6.45) is 0.161. The number of esters is 1. The molecule has 3 rings (SSSR count). The molecule has 1 heterocycles. The minimum atomic E-state index is -0.355. The molecule has 0 aliphatic carbocycles. The first kappa shape index (κ1) is 17.0. The molecule has 0 saturated carbocycles. The number of hydrogen-bond acceptors (Lipinski definition) is 5. The van der Waals surface area contributed by atoms with Crippen LogP contribution in [0.4, 0.5) is 0 Å². The third-order valence-corrected chi connectivity index (χ3v) is 3.92. The van der Waals surface area contributed by atoms with Crippen molar-refractivity contribution >= 4 is 5.97 Å². The SMILES string of the molecule is CC(CO)C1=C(OCc2cccc(Oc3ccccc3)c2)OC(=O)C1. The van der Waals surface area contributed by atoms with Crippen LogP contribution in [0.25, 0.3) is 0 Å². The van der Waals surface area contributed by atoms with E-state index >= 15 is 0 Å². The van der Waals surface area contributed by atoms with Gasteiger partial charge in [0.15, 0.2) is 0 Å². The van der Waals surface area contributed by atoms with Gasteiger partial charge in [-0.2, -0.15) is 0 Å². The molecule has 0 amide bonds. The molecule has 0 saturated heterocycles. The van der Waals surface area contributed by atoms with Gasteiger partial charge in [-0.3, -0.25) is 4.79 Å². The number of aliphatic hydroxyl groups excluding tert-OH is 1. The van der Waals surface area contributed by atoms with Gasteiger partial charge in [0.25, 0.3) is 5.95 Å². The van der Waals surface area contributed by atoms with E-state index in [0.717, 1.165) is 11.3 Å². The Labute approximate surface area is 146 Å². The highest BCUT2D eigenvalue weighted by Gasteiger charge is 2.28. The van der Waals surface area contributed by atoms with Crippen molar-refractivity contribution in [3.8, 4) is 11.5 Å². The van der Waals surface area contributed by atoms with Gasteiger partial charge in [0.05, 0.1) is 6.42 Å². The van der Waals surface area contributed by atoms with E-state index in [4.69, 9.17) is 14.2 Å². The summed E-state index contributed by atoms with van der Waals surface area (Å²) >= 11 is 0. The Kier molecular flexibility index (Phi) is 5.36. The molecule has 2 aromatic carbocycles. The molecule has 2 aromatic rings. The van der Waals surface area contributed by atoms with Crippen LogP contribution in [-0.2, 0) is 20.9 Å². The zero-order valence-corrected chi connectivity index (χ0v) is 14.0. The Hall–Kier alpha value is -2.79. The van der Waals surface area contributed by atoms with Crippen molar-refractivity contribution in [2.45, 2.75) is 20.0 Å². The Balaban J connectivity index is 1.67. The fraction of sp³-hybridized carbons (Fsp3) is 0.250. The largest absolute Gasteiger partial charge is 0.460 e. The third-order valence-electron chi connectivity index (χ3n) is 3.92. The van der Waals surface area contributed by atoms with Gasteiger partial charge in [0, 0.05) is 18.1 Å². The van der Waals surface area contributed by atoms with Crippen LogP contribution in [0.2, 0.25) is 0 Å². The van der Waals surface area contributed by atoms with Crippen LogP contribution in [-0.4, -0.2) is 17.7 Å². The minimum absolute atomic E-state index is 0.0563. The third kappa shape index (κ3) is 4.39. The van der Waals surface area contributed by atoms with Crippen molar-refractivity contribution in [1.82, 2.24) is 0 Å². The van der Waals surface area contributed by atoms with E-state index in [-0.39, 0.29) is 37.5 Å². The average molecular weight is 340 g/mol. The molecule has 25 heavy (non-hydrogen) atoms. The zero-order valence-electron chi connectivity index (χ0n) is 14.0. The van der Waals surface area contributed by atoms with E-state index in [1.165, 1.54) is 0 Å². The van der Waals surface area contributed by atoms with Crippen LogP contribution in [0, 0.1) is 5.92 Å². The fourth-order valence-electron chi connectivity index (χ4n) is 2.51. The number of para-hydroxylation sites is 1. The summed E-state index contributed by atoms with van der Waals surface area (Å²) in [6.45, 7) is 2.02. The molecule has 1 aliphatic heterocycles. The molecule has 130 valence electrons. The van der Waals surface area contributed by atoms with E-state index in [1.807, 2.05) is 61.5 Å². The van der Waals surface area contributed by atoms with Gasteiger partial charge >= 0.3 is 5.97 Å². The maximum absolute atomic E-state index is 11.5. The second-order valence-corrected chi connectivity index (χ2v) is 5.90. The van der Waals surface area contributed by atoms with Gasteiger partial charge in [-0.05, 0) is 29.8 Å². The van der Waals surface area contributed by atoms with E-state index < -0.39 is 0 Å². The average Bonchev–Trinajstić information content (AvgIpc) is 3.01. The highest BCUT2D eigenvalue weighted by Crippen LogP contribution is 2.29. The van der Waals surface area contributed by atoms with Crippen molar-refractivity contribution in [3.05, 3.63) is 71.7 Å². The van der Waals surface area contributed by atoms with Crippen LogP contribution in [0.3, 0.4) is 0 Å². The molecule has 0 fully saturated rings. The van der Waals surface area contributed by atoms with Crippen molar-refractivity contribution in [2.75, 3.05) is 6.61 Å². The number of cyclic esters (lactones) is 1. The standard InChI is InChI=1S/C20H20O5/c1-14(12-21)18-11-19(22)25-20(18)23-13-15-6-5-9-17(10-15)24-16-7-3-2-4-8-16/h2-10,14,21H,11-13H2,1H3. The van der Waals surface area contributed by atoms with Crippen LogP contribution in [0.15, 0.2) is 66.1 Å². The summed E-state index contributed by atoms with van der Waals surface area (Å²) < 4.78 is 16.6. The number of aliphatic hydroxyl groups is 1. The lowest BCUT2D eigenvalue weighted by Crippen LogP contribution is -2.06. The lowest BCUT2D eigenvalue weighted by molar-refractivity contribution is -0.141. The van der Waals surface area contributed by atoms with E-state index in [0.29, 0.717) is 11.3 Å². The summed E-state index contributed by atoms with van der Waals surface area (Å²) in [4.78, 5) is 11.5. The van der Waals surface area contributed by atoms with Crippen LogP contribution < -0.4 is 4.74 Å². The van der Waals surface area contributed by atoms with Crippen molar-refractivity contribution in [1.29, 1.82) is 0 Å². The zero-order chi connectivity index (χ0) is 17.6. The molecule has 1 unspecified atom stereocenters. The minimum Gasteiger partial charge on any atom is -0.460 e. The van der Waals surface area contributed by atoms with Gasteiger partial charge in [0.2, 0.25) is 0 Å². The van der Waals surface area contributed by atoms with Crippen LogP contribution >= 0.6 is 0 Å². The summed E-state index contributed by atoms with van der Waals surface area (Å²) in [5, 5.41) is 9.29. The number of rotatable bonds is 7. The molecule has 0 radical (unpaired) electrons. The quantitative estimate of drug-likeness (QED) is 0.777. The van der Waals surface area contributed by atoms with Gasteiger partial charge in [-0.15, -0.1) is 0 Å². The van der Waals surface area contributed by atoms with Crippen molar-refractivity contribution in [2.24, 2.45) is 5.92 Å². The molecule has 1 atom stereocenters. The second kappa shape index (κ2) is 7.85. The van der Waals surface area contributed by atoms with Crippen molar-refractivity contribution in [3.63, 3.8) is 0 Å². The molecule has 5 nitrogen and oxygen atoms in total. The Bertz CT molecular complexity index is 767. The number of carbonyl (C=O) groups is 1. The molecule has 0 aromatic heterocycles. The Morgan fingerprint density at radius 2 is 1.88 bits per heavy atom. The Morgan fingerprint density at radius 3 is 2.64 bits per heavy atom. The Morgan fingerprint density at radius 1 is 1.12 bits per heavy atom. The summed E-state index contributed by atoms with van der Waals surface area (Å²) in [5.74, 6) is 1.14. The fourth-order valence-corrected chi connectivity index (χ4v) is 2.51. The number of ether oxygens (including phenoxy) is 3. The molecule has 0 spiro atoms. The highest BCUT2D eigenvalue weighted by molar-refractivity contribution is 5.76. The molecule has 1 N–H and O–H groups in total. The molecule has 0 bridgehead atoms. The monoisotopic (exact) mass is 340 g/mol. The number of carbonyl (C=O) groups excluding carboxylic acids is 1.